The van der Waals surface area contributed by atoms with Crippen molar-refractivity contribution in [3.05, 3.63) is 30.1 Å². The molecule has 0 radical (unpaired) electrons. The Bertz CT molecular complexity index is 416. The first kappa shape index (κ1) is 14.4. The van der Waals surface area contributed by atoms with Crippen LogP contribution in [-0.4, -0.2) is 24.1 Å². The van der Waals surface area contributed by atoms with E-state index in [4.69, 9.17) is 10.5 Å². The number of rotatable bonds is 5. The van der Waals surface area contributed by atoms with Gasteiger partial charge in [-0.25, -0.2) is 4.39 Å². The van der Waals surface area contributed by atoms with E-state index < -0.39 is 5.54 Å². The number of carbonyl (C=O) groups excluding carboxylic acids is 1. The normalized spacial score (nSPS) is 12.9. The molecule has 0 saturated carbocycles. The number of benzene rings is 1. The summed E-state index contributed by atoms with van der Waals surface area (Å²) in [6.45, 7) is 5.35. The van der Waals surface area contributed by atoms with Crippen LogP contribution < -0.4 is 15.8 Å². The first-order valence-electron chi connectivity index (χ1n) is 5.78. The maximum Gasteiger partial charge on any atom is 0.239 e. The maximum absolute atomic E-state index is 12.9. The predicted molar refractivity (Wildman–Crippen MR) is 67.8 cm³/mol. The third-order valence-corrected chi connectivity index (χ3v) is 2.27. The van der Waals surface area contributed by atoms with Gasteiger partial charge in [-0.15, -0.1) is 0 Å². The van der Waals surface area contributed by atoms with Crippen molar-refractivity contribution in [1.29, 1.82) is 0 Å². The highest BCUT2D eigenvalue weighted by atomic mass is 19.1. The molecule has 0 spiro atoms. The first-order chi connectivity index (χ1) is 8.29. The van der Waals surface area contributed by atoms with E-state index >= 15 is 0 Å². The fraction of sp³-hybridized carbons (Fsp3) is 0.462. The van der Waals surface area contributed by atoms with Crippen LogP contribution in [0.2, 0.25) is 0 Å². The number of ether oxygens (including phenoxy) is 1. The van der Waals surface area contributed by atoms with Crippen LogP contribution in [0.1, 0.15) is 20.8 Å². The molecule has 5 heteroatoms. The lowest BCUT2D eigenvalue weighted by molar-refractivity contribution is -0.125. The van der Waals surface area contributed by atoms with Crippen molar-refractivity contribution in [3.63, 3.8) is 0 Å². The molecule has 1 unspecified atom stereocenters. The van der Waals surface area contributed by atoms with Crippen molar-refractivity contribution in [1.82, 2.24) is 5.32 Å². The van der Waals surface area contributed by atoms with Gasteiger partial charge in [0.1, 0.15) is 17.7 Å². The number of hydrogen-bond donors (Lipinski definition) is 2. The second-order valence-electron chi connectivity index (χ2n) is 4.82. The van der Waals surface area contributed by atoms with Gasteiger partial charge in [0.25, 0.3) is 0 Å². The topological polar surface area (TPSA) is 64.4 Å². The molecular weight excluding hydrogens is 235 g/mol. The minimum absolute atomic E-state index is 0.253. The summed E-state index contributed by atoms with van der Waals surface area (Å²) in [4.78, 5) is 11.5. The van der Waals surface area contributed by atoms with Crippen LogP contribution in [0.3, 0.4) is 0 Å². The Morgan fingerprint density at radius 3 is 2.78 bits per heavy atom. The Labute approximate surface area is 106 Å². The average molecular weight is 254 g/mol. The molecule has 1 atom stereocenters. The zero-order valence-electron chi connectivity index (χ0n) is 10.9. The molecule has 1 rings (SSSR count). The summed E-state index contributed by atoms with van der Waals surface area (Å²) in [6.07, 6.45) is -0.266. The zero-order chi connectivity index (χ0) is 13.8. The van der Waals surface area contributed by atoms with Gasteiger partial charge in [0.15, 0.2) is 0 Å². The van der Waals surface area contributed by atoms with Gasteiger partial charge in [-0.3, -0.25) is 4.79 Å². The smallest absolute Gasteiger partial charge is 0.239 e. The van der Waals surface area contributed by atoms with E-state index in [-0.39, 0.29) is 17.8 Å². The summed E-state index contributed by atoms with van der Waals surface area (Å²) in [5.41, 5.74) is 4.72. The number of halogens is 1. The standard InChI is InChI=1S/C13H19FN2O2/c1-9(8-16-12(17)13(2,3)15)18-11-6-4-5-10(14)7-11/h4-7,9H,8,15H2,1-3H3,(H,16,17). The second kappa shape index (κ2) is 5.82. The lowest BCUT2D eigenvalue weighted by Crippen LogP contribution is -2.50. The Morgan fingerprint density at radius 1 is 1.56 bits per heavy atom. The van der Waals surface area contributed by atoms with Crippen LogP contribution in [0.15, 0.2) is 24.3 Å². The van der Waals surface area contributed by atoms with Crippen LogP contribution in [-0.2, 0) is 4.79 Å². The number of carbonyl (C=O) groups is 1. The quantitative estimate of drug-likeness (QED) is 0.835. The molecule has 18 heavy (non-hydrogen) atoms. The molecule has 0 aromatic heterocycles. The monoisotopic (exact) mass is 254 g/mol. The number of amides is 1. The summed E-state index contributed by atoms with van der Waals surface area (Å²) in [5, 5.41) is 2.67. The number of hydrogen-bond acceptors (Lipinski definition) is 3. The van der Waals surface area contributed by atoms with Gasteiger partial charge in [0, 0.05) is 6.07 Å². The highest BCUT2D eigenvalue weighted by Gasteiger charge is 2.21. The molecule has 0 aliphatic carbocycles. The highest BCUT2D eigenvalue weighted by molar-refractivity contribution is 5.85. The highest BCUT2D eigenvalue weighted by Crippen LogP contribution is 2.13. The second-order valence-corrected chi connectivity index (χ2v) is 4.82. The molecule has 0 fully saturated rings. The van der Waals surface area contributed by atoms with Gasteiger partial charge < -0.3 is 15.8 Å². The lowest BCUT2D eigenvalue weighted by atomic mass is 10.1. The van der Waals surface area contributed by atoms with Gasteiger partial charge in [0.2, 0.25) is 5.91 Å². The minimum atomic E-state index is -0.918. The van der Waals surface area contributed by atoms with E-state index in [1.165, 1.54) is 12.1 Å². The van der Waals surface area contributed by atoms with Gasteiger partial charge in [-0.2, -0.15) is 0 Å². The zero-order valence-corrected chi connectivity index (χ0v) is 10.9. The molecule has 0 heterocycles. The molecule has 100 valence electrons. The van der Waals surface area contributed by atoms with Crippen LogP contribution in [0.4, 0.5) is 4.39 Å². The summed E-state index contributed by atoms with van der Waals surface area (Å²) >= 11 is 0. The van der Waals surface area contributed by atoms with E-state index in [0.717, 1.165) is 0 Å². The van der Waals surface area contributed by atoms with Crippen LogP contribution in [0.5, 0.6) is 5.75 Å². The van der Waals surface area contributed by atoms with Crippen molar-refractivity contribution < 1.29 is 13.9 Å². The Hall–Kier alpha value is -1.62. The predicted octanol–water partition coefficient (Wildman–Crippen LogP) is 1.45. The molecule has 1 aromatic rings. The number of nitrogens with two attached hydrogens (primary N) is 1. The molecule has 4 nitrogen and oxygen atoms in total. The van der Waals surface area contributed by atoms with Crippen LogP contribution >= 0.6 is 0 Å². The Balaban J connectivity index is 2.43. The van der Waals surface area contributed by atoms with E-state index in [1.54, 1.807) is 32.9 Å². The molecule has 1 aromatic carbocycles. The number of nitrogens with one attached hydrogen (secondary N) is 1. The SMILES string of the molecule is CC(CNC(=O)C(C)(C)N)Oc1cccc(F)c1. The molecule has 3 N–H and O–H groups in total. The first-order valence-corrected chi connectivity index (χ1v) is 5.78. The van der Waals surface area contributed by atoms with Crippen LogP contribution in [0, 0.1) is 5.82 Å². The van der Waals surface area contributed by atoms with Crippen LogP contribution in [0.25, 0.3) is 0 Å². The fourth-order valence-electron chi connectivity index (χ4n) is 1.28. The van der Waals surface area contributed by atoms with Crippen molar-refractivity contribution >= 4 is 5.91 Å². The molecule has 1 amide bonds. The Kier molecular flexibility index (Phi) is 4.67. The van der Waals surface area contributed by atoms with Crippen molar-refractivity contribution in [2.75, 3.05) is 6.54 Å². The minimum Gasteiger partial charge on any atom is -0.489 e. The molecule has 0 aliphatic rings. The summed E-state index contributed by atoms with van der Waals surface area (Å²) in [6, 6.07) is 5.87. The third-order valence-electron chi connectivity index (χ3n) is 2.27. The average Bonchev–Trinajstić information content (AvgIpc) is 2.24. The largest absolute Gasteiger partial charge is 0.489 e. The summed E-state index contributed by atoms with van der Waals surface area (Å²) in [7, 11) is 0. The van der Waals surface area contributed by atoms with Gasteiger partial charge >= 0.3 is 0 Å². The third kappa shape index (κ3) is 4.71. The van der Waals surface area contributed by atoms with Gasteiger partial charge in [-0.1, -0.05) is 6.07 Å². The summed E-state index contributed by atoms with van der Waals surface area (Å²) < 4.78 is 18.4. The molecular formula is C13H19FN2O2. The lowest BCUT2D eigenvalue weighted by Gasteiger charge is -2.20. The molecule has 0 bridgehead atoms. The van der Waals surface area contributed by atoms with Gasteiger partial charge in [0.05, 0.1) is 12.1 Å². The Morgan fingerprint density at radius 2 is 2.22 bits per heavy atom. The van der Waals surface area contributed by atoms with Gasteiger partial charge in [-0.05, 0) is 32.9 Å². The van der Waals surface area contributed by atoms with E-state index in [1.807, 2.05) is 0 Å². The van der Waals surface area contributed by atoms with E-state index in [9.17, 15) is 9.18 Å². The summed E-state index contributed by atoms with van der Waals surface area (Å²) in [5.74, 6) is -0.173. The maximum atomic E-state index is 12.9. The van der Waals surface area contributed by atoms with Crippen molar-refractivity contribution in [3.8, 4) is 5.75 Å². The van der Waals surface area contributed by atoms with Crippen molar-refractivity contribution in [2.45, 2.75) is 32.4 Å². The molecule has 0 saturated heterocycles. The molecule has 0 aliphatic heterocycles. The van der Waals surface area contributed by atoms with E-state index in [0.29, 0.717) is 12.3 Å². The fourth-order valence-corrected chi connectivity index (χ4v) is 1.28. The van der Waals surface area contributed by atoms with Crippen molar-refractivity contribution in [2.24, 2.45) is 5.73 Å². The van der Waals surface area contributed by atoms with E-state index in [2.05, 4.69) is 5.32 Å².